The third kappa shape index (κ3) is 2.11. The summed E-state index contributed by atoms with van der Waals surface area (Å²) in [6.07, 6.45) is 0. The number of hydrogen-bond acceptors (Lipinski definition) is 2. The molecule has 0 aromatic heterocycles. The molecule has 0 radical (unpaired) electrons. The molecule has 0 amide bonds. The van der Waals surface area contributed by atoms with Gasteiger partial charge in [0.2, 0.25) is 0 Å². The maximum absolute atomic E-state index is 11.3. The second kappa shape index (κ2) is 4.10. The Labute approximate surface area is 85.7 Å². The summed E-state index contributed by atoms with van der Waals surface area (Å²) in [6.45, 7) is 1.92. The number of hydrogen-bond donors (Lipinski definition) is 1. The number of thiol groups is 1. The molecule has 1 nitrogen and oxygen atoms in total. The van der Waals surface area contributed by atoms with E-state index in [0.717, 1.165) is 15.6 Å². The summed E-state index contributed by atoms with van der Waals surface area (Å²) in [5.74, 6) is 0.328. The molecule has 0 heterocycles. The second-order valence-corrected chi connectivity index (χ2v) is 3.77. The number of rotatable bonds is 2. The largest absolute Gasteiger partial charge is 0.293 e. The number of carbonyl (C=O) groups excluding carboxylic acids is 1. The first-order valence-electron chi connectivity index (χ1n) is 3.55. The minimum absolute atomic E-state index is 0.0668. The molecular weight excluding hydrogens is 236 g/mol. The van der Waals surface area contributed by atoms with Gasteiger partial charge < -0.3 is 0 Å². The zero-order valence-electron chi connectivity index (χ0n) is 6.67. The van der Waals surface area contributed by atoms with Gasteiger partial charge in [-0.2, -0.15) is 12.6 Å². The minimum Gasteiger partial charge on any atom is -0.293 e. The van der Waals surface area contributed by atoms with Crippen molar-refractivity contribution in [2.75, 3.05) is 5.75 Å². The first kappa shape index (κ1) is 9.81. The molecule has 1 aromatic rings. The van der Waals surface area contributed by atoms with Crippen molar-refractivity contribution >= 4 is 34.3 Å². The van der Waals surface area contributed by atoms with Crippen LogP contribution in [0.1, 0.15) is 15.9 Å². The van der Waals surface area contributed by atoms with Gasteiger partial charge in [-0.3, -0.25) is 4.79 Å². The lowest BCUT2D eigenvalue weighted by molar-refractivity contribution is 0.102. The predicted octanol–water partition coefficient (Wildman–Crippen LogP) is 2.87. The van der Waals surface area contributed by atoms with Crippen LogP contribution in [0.3, 0.4) is 0 Å². The van der Waals surface area contributed by atoms with Crippen LogP contribution in [-0.2, 0) is 0 Å². The summed E-state index contributed by atoms with van der Waals surface area (Å²) < 4.78 is 0.929. The van der Waals surface area contributed by atoms with Crippen LogP contribution < -0.4 is 0 Å². The van der Waals surface area contributed by atoms with Crippen LogP contribution in [0.5, 0.6) is 0 Å². The van der Waals surface area contributed by atoms with Gasteiger partial charge >= 0.3 is 0 Å². The van der Waals surface area contributed by atoms with Crippen molar-refractivity contribution in [3.05, 3.63) is 33.8 Å². The van der Waals surface area contributed by atoms with E-state index in [1.165, 1.54) is 0 Å². The van der Waals surface area contributed by atoms with Gasteiger partial charge in [0.1, 0.15) is 0 Å². The topological polar surface area (TPSA) is 17.1 Å². The number of ketones is 1. The van der Waals surface area contributed by atoms with Crippen LogP contribution in [0.25, 0.3) is 0 Å². The fourth-order valence-corrected chi connectivity index (χ4v) is 1.51. The van der Waals surface area contributed by atoms with E-state index in [2.05, 4.69) is 28.6 Å². The molecule has 3 heteroatoms. The zero-order valence-corrected chi connectivity index (χ0v) is 9.15. The summed E-state index contributed by atoms with van der Waals surface area (Å²) in [4.78, 5) is 11.3. The predicted molar refractivity (Wildman–Crippen MR) is 57.1 cm³/mol. The molecule has 1 rings (SSSR count). The van der Waals surface area contributed by atoms with E-state index in [1.54, 1.807) is 0 Å². The highest BCUT2D eigenvalue weighted by molar-refractivity contribution is 9.10. The number of aryl methyl sites for hydroxylation is 1. The van der Waals surface area contributed by atoms with Crippen molar-refractivity contribution in [2.24, 2.45) is 0 Å². The fraction of sp³-hybridized carbons (Fsp3) is 0.222. The fourth-order valence-electron chi connectivity index (χ4n) is 0.980. The third-order valence-corrected chi connectivity index (χ3v) is 2.42. The normalized spacial score (nSPS) is 9.92. The number of Topliss-reactive ketones (excluding diaryl/α,β-unsaturated/α-hetero) is 1. The summed E-state index contributed by atoms with van der Waals surface area (Å²) in [7, 11) is 0. The molecule has 0 atom stereocenters. The maximum atomic E-state index is 11.3. The Morgan fingerprint density at radius 2 is 2.25 bits per heavy atom. The lowest BCUT2D eigenvalue weighted by atomic mass is 10.1. The molecule has 0 aliphatic carbocycles. The summed E-state index contributed by atoms with van der Waals surface area (Å²) >= 11 is 7.26. The van der Waals surface area contributed by atoms with Crippen molar-refractivity contribution in [1.29, 1.82) is 0 Å². The van der Waals surface area contributed by atoms with Crippen LogP contribution in [-0.4, -0.2) is 11.5 Å². The van der Waals surface area contributed by atoms with Gasteiger partial charge in [-0.1, -0.05) is 22.0 Å². The van der Waals surface area contributed by atoms with E-state index in [0.29, 0.717) is 0 Å². The van der Waals surface area contributed by atoms with E-state index in [1.807, 2.05) is 25.1 Å². The Morgan fingerprint density at radius 3 is 2.83 bits per heavy atom. The molecule has 0 fully saturated rings. The van der Waals surface area contributed by atoms with Crippen LogP contribution >= 0.6 is 28.6 Å². The number of benzene rings is 1. The molecule has 0 bridgehead atoms. The van der Waals surface area contributed by atoms with Crippen LogP contribution in [0, 0.1) is 6.92 Å². The SMILES string of the molecule is Cc1ccc(Br)cc1C(=O)CS. The standard InChI is InChI=1S/C9H9BrOS/c1-6-2-3-7(10)4-8(6)9(11)5-12/h2-4,12H,5H2,1H3. The van der Waals surface area contributed by atoms with Crippen molar-refractivity contribution in [3.8, 4) is 0 Å². The summed E-state index contributed by atoms with van der Waals surface area (Å²) in [5, 5.41) is 0. The highest BCUT2D eigenvalue weighted by Gasteiger charge is 2.06. The molecular formula is C9H9BrOS. The van der Waals surface area contributed by atoms with E-state index in [4.69, 9.17) is 0 Å². The molecule has 0 unspecified atom stereocenters. The second-order valence-electron chi connectivity index (χ2n) is 2.54. The monoisotopic (exact) mass is 244 g/mol. The van der Waals surface area contributed by atoms with Gasteiger partial charge in [0.25, 0.3) is 0 Å². The lowest BCUT2D eigenvalue weighted by Crippen LogP contribution is -2.02. The Morgan fingerprint density at radius 1 is 1.58 bits per heavy atom. The van der Waals surface area contributed by atoms with Gasteiger partial charge in [-0.25, -0.2) is 0 Å². The molecule has 1 aromatic carbocycles. The zero-order chi connectivity index (χ0) is 9.14. The molecule has 12 heavy (non-hydrogen) atoms. The Kier molecular flexibility index (Phi) is 3.35. The van der Waals surface area contributed by atoms with Crippen molar-refractivity contribution in [1.82, 2.24) is 0 Å². The Bertz CT molecular complexity index is 309. The van der Waals surface area contributed by atoms with Crippen LogP contribution in [0.4, 0.5) is 0 Å². The Hall–Kier alpha value is -0.280. The first-order chi connectivity index (χ1) is 5.65. The van der Waals surface area contributed by atoms with Crippen LogP contribution in [0.15, 0.2) is 22.7 Å². The van der Waals surface area contributed by atoms with Gasteiger partial charge in [-0.15, -0.1) is 0 Å². The molecule has 0 aliphatic heterocycles. The van der Waals surface area contributed by atoms with Gasteiger partial charge in [0.05, 0.1) is 5.75 Å². The smallest absolute Gasteiger partial charge is 0.172 e. The van der Waals surface area contributed by atoms with Gasteiger partial charge in [0, 0.05) is 10.0 Å². The Balaban J connectivity index is 3.13. The molecule has 0 spiro atoms. The van der Waals surface area contributed by atoms with Crippen molar-refractivity contribution in [2.45, 2.75) is 6.92 Å². The average molecular weight is 245 g/mol. The molecule has 0 N–H and O–H groups in total. The molecule has 0 saturated heterocycles. The van der Waals surface area contributed by atoms with Crippen molar-refractivity contribution in [3.63, 3.8) is 0 Å². The highest BCUT2D eigenvalue weighted by Crippen LogP contribution is 2.16. The molecule has 0 saturated carbocycles. The number of halogens is 1. The van der Waals surface area contributed by atoms with Gasteiger partial charge in [-0.05, 0) is 24.6 Å². The number of carbonyl (C=O) groups is 1. The molecule has 0 aliphatic rings. The minimum atomic E-state index is 0.0668. The van der Waals surface area contributed by atoms with Crippen molar-refractivity contribution < 1.29 is 4.79 Å². The summed E-state index contributed by atoms with van der Waals surface area (Å²) in [5.41, 5.74) is 1.75. The van der Waals surface area contributed by atoms with E-state index in [9.17, 15) is 4.79 Å². The van der Waals surface area contributed by atoms with E-state index >= 15 is 0 Å². The van der Waals surface area contributed by atoms with E-state index < -0.39 is 0 Å². The third-order valence-electron chi connectivity index (χ3n) is 1.64. The highest BCUT2D eigenvalue weighted by atomic mass is 79.9. The quantitative estimate of drug-likeness (QED) is 0.626. The van der Waals surface area contributed by atoms with E-state index in [-0.39, 0.29) is 11.5 Å². The van der Waals surface area contributed by atoms with Crippen LogP contribution in [0.2, 0.25) is 0 Å². The summed E-state index contributed by atoms with van der Waals surface area (Å²) in [6, 6.07) is 5.67. The van der Waals surface area contributed by atoms with Gasteiger partial charge in [0.15, 0.2) is 5.78 Å². The first-order valence-corrected chi connectivity index (χ1v) is 4.98. The maximum Gasteiger partial charge on any atom is 0.172 e. The average Bonchev–Trinajstić information content (AvgIpc) is 2.08. The lowest BCUT2D eigenvalue weighted by Gasteiger charge is -2.02. The molecule has 64 valence electrons.